The van der Waals surface area contributed by atoms with E-state index in [0.717, 1.165) is 12.8 Å². The van der Waals surface area contributed by atoms with Gasteiger partial charge in [-0.3, -0.25) is 0 Å². The number of nitrogens with zero attached hydrogens (tertiary/aromatic N) is 1. The number of aliphatic hydroxyl groups is 1. The Hall–Kier alpha value is -0.160. The second-order valence-electron chi connectivity index (χ2n) is 4.47. The first-order valence-corrected chi connectivity index (χ1v) is 5.24. The number of rotatable bonds is 3. The number of nitrogens with two attached hydrogens (primary N) is 1. The highest BCUT2D eigenvalue weighted by atomic mass is 16.5. The highest BCUT2D eigenvalue weighted by Crippen LogP contribution is 2.23. The highest BCUT2D eigenvalue weighted by Gasteiger charge is 2.29. The van der Waals surface area contributed by atoms with E-state index in [1.807, 2.05) is 0 Å². The van der Waals surface area contributed by atoms with E-state index in [4.69, 9.17) is 10.5 Å². The van der Waals surface area contributed by atoms with Gasteiger partial charge in [-0.1, -0.05) is 0 Å². The molecule has 1 rings (SSSR count). The standard InChI is InChI=1S/C10H22N2O2/c1-7(13)4-9-5-8(12(2)3)6-10(11)14-9/h7-10,13H,4-6,11H2,1-3H3. The van der Waals surface area contributed by atoms with Gasteiger partial charge in [0.25, 0.3) is 0 Å². The maximum atomic E-state index is 9.28. The third-order valence-corrected chi connectivity index (χ3v) is 2.74. The van der Waals surface area contributed by atoms with Gasteiger partial charge < -0.3 is 20.5 Å². The van der Waals surface area contributed by atoms with Crippen LogP contribution in [0.25, 0.3) is 0 Å². The largest absolute Gasteiger partial charge is 0.393 e. The maximum Gasteiger partial charge on any atom is 0.107 e. The molecule has 0 bridgehead atoms. The van der Waals surface area contributed by atoms with Crippen LogP contribution in [-0.2, 0) is 4.74 Å². The Kier molecular flexibility index (Phi) is 4.31. The van der Waals surface area contributed by atoms with Crippen molar-refractivity contribution in [3.05, 3.63) is 0 Å². The number of aliphatic hydroxyl groups excluding tert-OH is 1. The van der Waals surface area contributed by atoms with Crippen LogP contribution in [-0.4, -0.2) is 48.6 Å². The van der Waals surface area contributed by atoms with Gasteiger partial charge in [0.2, 0.25) is 0 Å². The van der Waals surface area contributed by atoms with Crippen LogP contribution < -0.4 is 5.73 Å². The van der Waals surface area contributed by atoms with Crippen molar-refractivity contribution in [3.63, 3.8) is 0 Å². The zero-order chi connectivity index (χ0) is 10.7. The fourth-order valence-electron chi connectivity index (χ4n) is 1.98. The molecule has 3 N–H and O–H groups in total. The van der Waals surface area contributed by atoms with Crippen molar-refractivity contribution in [2.45, 2.75) is 50.7 Å². The summed E-state index contributed by atoms with van der Waals surface area (Å²) in [6, 6.07) is 0.475. The molecule has 1 fully saturated rings. The molecule has 0 spiro atoms. The minimum Gasteiger partial charge on any atom is -0.393 e. The Balaban J connectivity index is 2.45. The third-order valence-electron chi connectivity index (χ3n) is 2.74. The zero-order valence-corrected chi connectivity index (χ0v) is 9.31. The van der Waals surface area contributed by atoms with E-state index in [-0.39, 0.29) is 18.4 Å². The molecule has 1 saturated heterocycles. The first-order chi connectivity index (χ1) is 6.49. The lowest BCUT2D eigenvalue weighted by molar-refractivity contribution is -0.0866. The Morgan fingerprint density at radius 1 is 1.50 bits per heavy atom. The predicted octanol–water partition coefficient (Wildman–Crippen LogP) is 0.151. The van der Waals surface area contributed by atoms with Gasteiger partial charge in [-0.25, -0.2) is 0 Å². The van der Waals surface area contributed by atoms with E-state index < -0.39 is 0 Å². The van der Waals surface area contributed by atoms with Gasteiger partial charge in [-0.15, -0.1) is 0 Å². The van der Waals surface area contributed by atoms with Crippen molar-refractivity contribution >= 4 is 0 Å². The molecule has 4 atom stereocenters. The summed E-state index contributed by atoms with van der Waals surface area (Å²) < 4.78 is 5.57. The highest BCUT2D eigenvalue weighted by molar-refractivity contribution is 4.80. The van der Waals surface area contributed by atoms with Gasteiger partial charge in [-0.05, 0) is 33.9 Å². The summed E-state index contributed by atoms with van der Waals surface area (Å²) in [5, 5.41) is 9.28. The van der Waals surface area contributed by atoms with Crippen LogP contribution in [0, 0.1) is 0 Å². The van der Waals surface area contributed by atoms with Gasteiger partial charge in [0.1, 0.15) is 6.23 Å². The molecular weight excluding hydrogens is 180 g/mol. The molecular formula is C10H22N2O2. The van der Waals surface area contributed by atoms with Gasteiger partial charge in [0, 0.05) is 12.5 Å². The van der Waals surface area contributed by atoms with E-state index in [0.29, 0.717) is 12.5 Å². The summed E-state index contributed by atoms with van der Waals surface area (Å²) in [5.74, 6) is 0. The minimum atomic E-state index is -0.312. The second-order valence-corrected chi connectivity index (χ2v) is 4.47. The van der Waals surface area contributed by atoms with Gasteiger partial charge in [0.05, 0.1) is 12.2 Å². The van der Waals surface area contributed by atoms with E-state index in [1.165, 1.54) is 0 Å². The smallest absolute Gasteiger partial charge is 0.107 e. The SMILES string of the molecule is CC(O)CC1CC(N(C)C)CC(N)O1. The molecule has 4 heteroatoms. The molecule has 0 aromatic heterocycles. The van der Waals surface area contributed by atoms with Gasteiger partial charge in [-0.2, -0.15) is 0 Å². The molecule has 0 aromatic rings. The quantitative estimate of drug-likeness (QED) is 0.684. The van der Waals surface area contributed by atoms with E-state index >= 15 is 0 Å². The third kappa shape index (κ3) is 3.53. The van der Waals surface area contributed by atoms with Gasteiger partial charge >= 0.3 is 0 Å². The normalized spacial score (nSPS) is 36.0. The average molecular weight is 202 g/mol. The van der Waals surface area contributed by atoms with Gasteiger partial charge in [0.15, 0.2) is 0 Å². The topological polar surface area (TPSA) is 58.7 Å². The lowest BCUT2D eigenvalue weighted by atomic mass is 9.97. The Bertz CT molecular complexity index is 172. The van der Waals surface area contributed by atoms with Crippen LogP contribution in [0.5, 0.6) is 0 Å². The second kappa shape index (κ2) is 5.07. The molecule has 4 unspecified atom stereocenters. The Morgan fingerprint density at radius 2 is 2.14 bits per heavy atom. The summed E-state index contributed by atoms with van der Waals surface area (Å²) in [6.07, 6.45) is 2.13. The Labute approximate surface area is 86.0 Å². The van der Waals surface area contributed by atoms with Crippen LogP contribution in [0.15, 0.2) is 0 Å². The fraction of sp³-hybridized carbons (Fsp3) is 1.00. The van der Waals surface area contributed by atoms with Crippen molar-refractivity contribution in [2.24, 2.45) is 5.73 Å². The lowest BCUT2D eigenvalue weighted by Gasteiger charge is -2.37. The van der Waals surface area contributed by atoms with Crippen molar-refractivity contribution in [1.29, 1.82) is 0 Å². The zero-order valence-electron chi connectivity index (χ0n) is 9.31. The maximum absolute atomic E-state index is 9.28. The monoisotopic (exact) mass is 202 g/mol. The molecule has 0 saturated carbocycles. The van der Waals surface area contributed by atoms with Crippen LogP contribution in [0.4, 0.5) is 0 Å². The first-order valence-electron chi connectivity index (χ1n) is 5.24. The molecule has 84 valence electrons. The lowest BCUT2D eigenvalue weighted by Crippen LogP contribution is -2.46. The predicted molar refractivity (Wildman–Crippen MR) is 55.9 cm³/mol. The first kappa shape index (κ1) is 11.9. The van der Waals surface area contributed by atoms with E-state index in [2.05, 4.69) is 19.0 Å². The molecule has 0 aromatic carbocycles. The molecule has 1 heterocycles. The van der Waals surface area contributed by atoms with E-state index in [9.17, 15) is 5.11 Å². The molecule has 0 amide bonds. The molecule has 14 heavy (non-hydrogen) atoms. The molecule has 4 nitrogen and oxygen atoms in total. The van der Waals surface area contributed by atoms with Crippen molar-refractivity contribution < 1.29 is 9.84 Å². The molecule has 0 radical (unpaired) electrons. The van der Waals surface area contributed by atoms with Crippen molar-refractivity contribution in [1.82, 2.24) is 4.90 Å². The summed E-state index contributed by atoms with van der Waals surface area (Å²) in [6.45, 7) is 1.79. The number of hydrogen-bond donors (Lipinski definition) is 2. The minimum absolute atomic E-state index is 0.103. The fourth-order valence-corrected chi connectivity index (χ4v) is 1.98. The summed E-state index contributed by atoms with van der Waals surface area (Å²) >= 11 is 0. The van der Waals surface area contributed by atoms with Crippen LogP contribution in [0.3, 0.4) is 0 Å². The van der Waals surface area contributed by atoms with E-state index in [1.54, 1.807) is 6.92 Å². The summed E-state index contributed by atoms with van der Waals surface area (Å²) in [5.41, 5.74) is 5.80. The number of ether oxygens (including phenoxy) is 1. The molecule has 1 aliphatic rings. The van der Waals surface area contributed by atoms with Crippen molar-refractivity contribution in [2.75, 3.05) is 14.1 Å². The number of hydrogen-bond acceptors (Lipinski definition) is 4. The molecule has 0 aliphatic carbocycles. The summed E-state index contributed by atoms with van der Waals surface area (Å²) in [7, 11) is 4.12. The van der Waals surface area contributed by atoms with Crippen molar-refractivity contribution in [3.8, 4) is 0 Å². The van der Waals surface area contributed by atoms with Crippen LogP contribution in [0.2, 0.25) is 0 Å². The Morgan fingerprint density at radius 3 is 2.64 bits per heavy atom. The molecule has 1 aliphatic heterocycles. The summed E-state index contributed by atoms with van der Waals surface area (Å²) in [4.78, 5) is 2.18. The van der Waals surface area contributed by atoms with Crippen LogP contribution >= 0.6 is 0 Å². The van der Waals surface area contributed by atoms with Crippen LogP contribution in [0.1, 0.15) is 26.2 Å². The average Bonchev–Trinajstić information content (AvgIpc) is 2.01.